The average molecular weight is 385 g/mol. The Labute approximate surface area is 159 Å². The van der Waals surface area contributed by atoms with Crippen molar-refractivity contribution in [2.75, 3.05) is 23.8 Å². The van der Waals surface area contributed by atoms with Gasteiger partial charge in [-0.15, -0.1) is 0 Å². The van der Waals surface area contributed by atoms with Gasteiger partial charge in [0.15, 0.2) is 17.3 Å². The van der Waals surface area contributed by atoms with Crippen LogP contribution in [0.5, 0.6) is 0 Å². The highest BCUT2D eigenvalue weighted by atomic mass is 19.1. The van der Waals surface area contributed by atoms with Crippen LogP contribution in [0.4, 0.5) is 26.4 Å². The first-order valence-electron chi connectivity index (χ1n) is 8.75. The van der Waals surface area contributed by atoms with Gasteiger partial charge in [0.25, 0.3) is 0 Å². The number of hydrogen-bond donors (Lipinski definition) is 2. The standard InChI is InChI=1S/C18H17F2N7O/c1-27-16-14(9-22-17(26-16)23-11-2-4-28-5-3-11)24-18(27)25-15-12(19)6-10(8-21)7-13(15)20/h6-7,9,11H,2-5H2,1H3,(H,24,25)(H,22,23,26). The zero-order chi connectivity index (χ0) is 19.7. The largest absolute Gasteiger partial charge is 0.381 e. The van der Waals surface area contributed by atoms with Gasteiger partial charge in [-0.05, 0) is 25.0 Å². The molecule has 28 heavy (non-hydrogen) atoms. The van der Waals surface area contributed by atoms with Gasteiger partial charge in [-0.2, -0.15) is 10.2 Å². The van der Waals surface area contributed by atoms with Gasteiger partial charge in [-0.3, -0.25) is 4.57 Å². The van der Waals surface area contributed by atoms with Crippen molar-refractivity contribution in [3.05, 3.63) is 35.5 Å². The molecule has 1 aromatic carbocycles. The third-order valence-corrected chi connectivity index (χ3v) is 4.57. The zero-order valence-corrected chi connectivity index (χ0v) is 15.0. The van der Waals surface area contributed by atoms with Crippen molar-refractivity contribution in [3.8, 4) is 6.07 Å². The first kappa shape index (κ1) is 18.1. The number of halogens is 2. The summed E-state index contributed by atoms with van der Waals surface area (Å²) in [5, 5.41) is 14.7. The van der Waals surface area contributed by atoms with Crippen LogP contribution in [0.25, 0.3) is 11.2 Å². The predicted octanol–water partition coefficient (Wildman–Crippen LogP) is 2.85. The Bertz CT molecular complexity index is 1050. The number of imidazole rings is 1. The Kier molecular flexibility index (Phi) is 4.75. The normalized spacial score (nSPS) is 14.8. The summed E-state index contributed by atoms with van der Waals surface area (Å²) < 4.78 is 35.2. The van der Waals surface area contributed by atoms with E-state index in [1.807, 2.05) is 0 Å². The lowest BCUT2D eigenvalue weighted by Crippen LogP contribution is -2.28. The number of nitrogens with zero attached hydrogens (tertiary/aromatic N) is 5. The van der Waals surface area contributed by atoms with Crippen LogP contribution in [0.1, 0.15) is 18.4 Å². The maximum absolute atomic E-state index is 14.2. The SMILES string of the molecule is Cn1c(Nc2c(F)cc(C#N)cc2F)nc2cnc(NC3CCOCC3)nc21. The summed E-state index contributed by atoms with van der Waals surface area (Å²) >= 11 is 0. The van der Waals surface area contributed by atoms with Crippen LogP contribution in [0.3, 0.4) is 0 Å². The third-order valence-electron chi connectivity index (χ3n) is 4.57. The van der Waals surface area contributed by atoms with Crippen LogP contribution in [0.15, 0.2) is 18.3 Å². The lowest BCUT2D eigenvalue weighted by Gasteiger charge is -2.22. The molecule has 8 nitrogen and oxygen atoms in total. The van der Waals surface area contributed by atoms with Crippen LogP contribution in [-0.4, -0.2) is 38.8 Å². The summed E-state index contributed by atoms with van der Waals surface area (Å²) in [7, 11) is 1.68. The van der Waals surface area contributed by atoms with Gasteiger partial charge in [0, 0.05) is 26.3 Å². The molecule has 10 heteroatoms. The molecular formula is C18H17F2N7O. The second-order valence-corrected chi connectivity index (χ2v) is 6.48. The van der Waals surface area contributed by atoms with Crippen molar-refractivity contribution in [1.29, 1.82) is 5.26 Å². The minimum Gasteiger partial charge on any atom is -0.381 e. The van der Waals surface area contributed by atoms with Crippen LogP contribution in [-0.2, 0) is 11.8 Å². The smallest absolute Gasteiger partial charge is 0.224 e. The number of benzene rings is 1. The van der Waals surface area contributed by atoms with E-state index in [0.29, 0.717) is 30.3 Å². The fourth-order valence-electron chi connectivity index (χ4n) is 3.06. The molecule has 0 atom stereocenters. The molecule has 2 aromatic heterocycles. The van der Waals surface area contributed by atoms with E-state index in [1.54, 1.807) is 23.9 Å². The molecule has 0 saturated carbocycles. The van der Waals surface area contributed by atoms with Gasteiger partial charge in [-0.1, -0.05) is 0 Å². The van der Waals surface area contributed by atoms with E-state index in [0.717, 1.165) is 25.0 Å². The number of fused-ring (bicyclic) bond motifs is 1. The molecule has 0 spiro atoms. The highest BCUT2D eigenvalue weighted by Crippen LogP contribution is 2.26. The van der Waals surface area contributed by atoms with E-state index >= 15 is 0 Å². The van der Waals surface area contributed by atoms with Crippen molar-refractivity contribution in [2.24, 2.45) is 7.05 Å². The number of aryl methyl sites for hydroxylation is 1. The fraction of sp³-hybridized carbons (Fsp3) is 0.333. The fourth-order valence-corrected chi connectivity index (χ4v) is 3.06. The number of anilines is 3. The second-order valence-electron chi connectivity index (χ2n) is 6.48. The molecule has 0 aliphatic carbocycles. The maximum atomic E-state index is 14.2. The molecular weight excluding hydrogens is 368 g/mol. The van der Waals surface area contributed by atoms with Gasteiger partial charge in [0.1, 0.15) is 11.2 Å². The van der Waals surface area contributed by atoms with Crippen LogP contribution in [0, 0.1) is 23.0 Å². The summed E-state index contributed by atoms with van der Waals surface area (Å²) in [4.78, 5) is 13.0. The molecule has 0 amide bonds. The third kappa shape index (κ3) is 3.44. The van der Waals surface area contributed by atoms with E-state index in [-0.39, 0.29) is 23.2 Å². The Balaban J connectivity index is 1.62. The van der Waals surface area contributed by atoms with E-state index in [9.17, 15) is 8.78 Å². The minimum atomic E-state index is -0.878. The number of nitriles is 1. The molecule has 3 heterocycles. The van der Waals surface area contributed by atoms with Crippen LogP contribution in [0.2, 0.25) is 0 Å². The Morgan fingerprint density at radius 2 is 1.93 bits per heavy atom. The Morgan fingerprint density at radius 1 is 1.21 bits per heavy atom. The van der Waals surface area contributed by atoms with Gasteiger partial charge in [0.05, 0.1) is 17.8 Å². The summed E-state index contributed by atoms with van der Waals surface area (Å²) in [6.45, 7) is 1.39. The molecule has 1 fully saturated rings. The monoisotopic (exact) mass is 385 g/mol. The quantitative estimate of drug-likeness (QED) is 0.712. The van der Waals surface area contributed by atoms with E-state index < -0.39 is 11.6 Å². The van der Waals surface area contributed by atoms with Gasteiger partial charge in [-0.25, -0.2) is 18.7 Å². The van der Waals surface area contributed by atoms with E-state index in [2.05, 4.69) is 25.6 Å². The van der Waals surface area contributed by atoms with Crippen molar-refractivity contribution in [1.82, 2.24) is 19.5 Å². The van der Waals surface area contributed by atoms with Gasteiger partial charge >= 0.3 is 0 Å². The lowest BCUT2D eigenvalue weighted by atomic mass is 10.1. The summed E-state index contributed by atoms with van der Waals surface area (Å²) in [6.07, 6.45) is 3.30. The summed E-state index contributed by atoms with van der Waals surface area (Å²) in [6, 6.07) is 3.87. The topological polar surface area (TPSA) is 101 Å². The Morgan fingerprint density at radius 3 is 2.61 bits per heavy atom. The number of rotatable bonds is 4. The molecule has 0 bridgehead atoms. The molecule has 0 radical (unpaired) electrons. The molecule has 1 aliphatic heterocycles. The highest BCUT2D eigenvalue weighted by Gasteiger charge is 2.18. The van der Waals surface area contributed by atoms with E-state index in [4.69, 9.17) is 10.00 Å². The van der Waals surface area contributed by atoms with Crippen molar-refractivity contribution in [3.63, 3.8) is 0 Å². The molecule has 4 rings (SSSR count). The maximum Gasteiger partial charge on any atom is 0.224 e. The van der Waals surface area contributed by atoms with Crippen LogP contribution < -0.4 is 10.6 Å². The molecule has 1 aliphatic rings. The molecule has 3 aromatic rings. The lowest BCUT2D eigenvalue weighted by molar-refractivity contribution is 0.0903. The van der Waals surface area contributed by atoms with Crippen molar-refractivity contribution < 1.29 is 13.5 Å². The van der Waals surface area contributed by atoms with Gasteiger partial charge < -0.3 is 15.4 Å². The van der Waals surface area contributed by atoms with E-state index in [1.165, 1.54) is 0 Å². The zero-order valence-electron chi connectivity index (χ0n) is 15.0. The number of aromatic nitrogens is 4. The summed E-state index contributed by atoms with van der Waals surface area (Å²) in [5.74, 6) is -1.09. The highest BCUT2D eigenvalue weighted by molar-refractivity contribution is 5.76. The molecule has 1 saturated heterocycles. The number of nitrogens with one attached hydrogen (secondary N) is 2. The van der Waals surface area contributed by atoms with Gasteiger partial charge in [0.2, 0.25) is 11.9 Å². The summed E-state index contributed by atoms with van der Waals surface area (Å²) in [5.41, 5.74) is 0.518. The first-order valence-corrected chi connectivity index (χ1v) is 8.75. The van der Waals surface area contributed by atoms with Crippen molar-refractivity contribution in [2.45, 2.75) is 18.9 Å². The molecule has 0 unspecified atom stereocenters. The minimum absolute atomic E-state index is 0.0970. The van der Waals surface area contributed by atoms with Crippen LogP contribution >= 0.6 is 0 Å². The average Bonchev–Trinajstić information content (AvgIpc) is 3.00. The molecule has 144 valence electrons. The van der Waals surface area contributed by atoms with Crippen molar-refractivity contribution >= 4 is 28.7 Å². The Hall–Kier alpha value is -3.32. The number of hydrogen-bond acceptors (Lipinski definition) is 7. The predicted molar refractivity (Wildman–Crippen MR) is 98.1 cm³/mol. The number of ether oxygens (including phenoxy) is 1. The second kappa shape index (κ2) is 7.36. The first-order chi connectivity index (χ1) is 13.5. The molecule has 2 N–H and O–H groups in total.